The predicted octanol–water partition coefficient (Wildman–Crippen LogP) is 4.40. The molecule has 1 aliphatic heterocycles. The van der Waals surface area contributed by atoms with Crippen LogP contribution in [0, 0.1) is 5.82 Å². The van der Waals surface area contributed by atoms with Crippen LogP contribution in [0.5, 0.6) is 0 Å². The van der Waals surface area contributed by atoms with Crippen molar-refractivity contribution in [2.75, 3.05) is 11.1 Å². The van der Waals surface area contributed by atoms with Crippen molar-refractivity contribution in [1.82, 2.24) is 0 Å². The molecule has 4 nitrogen and oxygen atoms in total. The monoisotopic (exact) mass is 377 g/mol. The average Bonchev–Trinajstić information content (AvgIpc) is 2.57. The molecule has 1 amide bonds. The van der Waals surface area contributed by atoms with Crippen LogP contribution in [0.4, 0.5) is 10.1 Å². The Bertz CT molecular complexity index is 841. The molecule has 0 spiro atoms. The molecular formula is C18H17ClFN3OS. The maximum absolute atomic E-state index is 14.2. The number of carbonyl (C=O) groups is 1. The number of rotatable bonds is 3. The van der Waals surface area contributed by atoms with Gasteiger partial charge in [-0.05, 0) is 55.3 Å². The van der Waals surface area contributed by atoms with Gasteiger partial charge in [-0.15, -0.1) is 0 Å². The summed E-state index contributed by atoms with van der Waals surface area (Å²) >= 11 is 7.32. The van der Waals surface area contributed by atoms with E-state index >= 15 is 0 Å². The van der Waals surface area contributed by atoms with Gasteiger partial charge >= 0.3 is 0 Å². The molecule has 25 heavy (non-hydrogen) atoms. The van der Waals surface area contributed by atoms with E-state index in [4.69, 9.17) is 17.3 Å². The highest BCUT2D eigenvalue weighted by atomic mass is 35.5. The maximum Gasteiger partial charge on any atom is 0.258 e. The lowest BCUT2D eigenvalue weighted by molar-refractivity contribution is 0.102. The van der Waals surface area contributed by atoms with Crippen molar-refractivity contribution in [2.45, 2.75) is 18.9 Å². The van der Waals surface area contributed by atoms with Crippen LogP contribution >= 0.6 is 23.4 Å². The minimum atomic E-state index is -0.582. The number of nitrogens with two attached hydrogens (primary N) is 1. The molecule has 1 heterocycles. The van der Waals surface area contributed by atoms with Gasteiger partial charge in [-0.25, -0.2) is 4.39 Å². The topological polar surface area (TPSA) is 67.5 Å². The number of hydrogen-bond acceptors (Lipinski definition) is 4. The van der Waals surface area contributed by atoms with Gasteiger partial charge in [-0.1, -0.05) is 29.4 Å². The molecule has 0 saturated carbocycles. The van der Waals surface area contributed by atoms with Crippen LogP contribution in [-0.2, 0) is 5.54 Å². The number of nitrogens with one attached hydrogen (secondary N) is 1. The van der Waals surface area contributed by atoms with Crippen molar-refractivity contribution in [3.05, 3.63) is 64.4 Å². The van der Waals surface area contributed by atoms with Crippen LogP contribution in [0.25, 0.3) is 0 Å². The summed E-state index contributed by atoms with van der Waals surface area (Å²) in [5.41, 5.74) is 6.56. The Morgan fingerprint density at radius 2 is 2.04 bits per heavy atom. The number of thioether (sulfide) groups is 1. The Morgan fingerprint density at radius 1 is 1.32 bits per heavy atom. The summed E-state index contributed by atoms with van der Waals surface area (Å²) < 4.78 is 14.2. The van der Waals surface area contributed by atoms with Crippen molar-refractivity contribution in [3.8, 4) is 0 Å². The van der Waals surface area contributed by atoms with Crippen LogP contribution < -0.4 is 11.1 Å². The quantitative estimate of drug-likeness (QED) is 0.833. The Balaban J connectivity index is 1.90. The Hall–Kier alpha value is -2.05. The summed E-state index contributed by atoms with van der Waals surface area (Å²) in [6, 6.07) is 11.1. The van der Waals surface area contributed by atoms with Gasteiger partial charge in [-0.3, -0.25) is 9.79 Å². The summed E-state index contributed by atoms with van der Waals surface area (Å²) in [5, 5.41) is 3.74. The minimum absolute atomic E-state index is 0.0272. The second-order valence-electron chi connectivity index (χ2n) is 5.98. The van der Waals surface area contributed by atoms with Crippen LogP contribution in [-0.4, -0.2) is 16.8 Å². The first kappa shape index (κ1) is 17.8. The van der Waals surface area contributed by atoms with Gasteiger partial charge < -0.3 is 11.1 Å². The van der Waals surface area contributed by atoms with Crippen molar-refractivity contribution in [1.29, 1.82) is 0 Å². The number of amidine groups is 1. The molecule has 0 saturated heterocycles. The lowest BCUT2D eigenvalue weighted by Gasteiger charge is -2.30. The number of anilines is 1. The Kier molecular flexibility index (Phi) is 5.01. The molecule has 1 atom stereocenters. The Morgan fingerprint density at radius 3 is 2.72 bits per heavy atom. The third-order valence-electron chi connectivity index (χ3n) is 4.13. The number of benzene rings is 2. The smallest absolute Gasteiger partial charge is 0.258 e. The second kappa shape index (κ2) is 7.06. The van der Waals surface area contributed by atoms with Crippen molar-refractivity contribution in [3.63, 3.8) is 0 Å². The summed E-state index contributed by atoms with van der Waals surface area (Å²) in [6.07, 6.45) is 0.766. The standard InChI is InChI=1S/C18H17ClFN3OS/c1-18(8-9-25-17(21)23-18)11-2-7-15(20)14(10-11)16(24)22-13-5-3-12(19)4-6-13/h2-7,10H,8-9H2,1H3,(H2,21,23)(H,22,24). The number of nitrogens with zero attached hydrogens (tertiary/aromatic N) is 1. The number of carbonyl (C=O) groups excluding carboxylic acids is 1. The first-order chi connectivity index (χ1) is 11.9. The van der Waals surface area contributed by atoms with Gasteiger partial charge in [-0.2, -0.15) is 0 Å². The zero-order chi connectivity index (χ0) is 18.0. The van der Waals surface area contributed by atoms with Crippen LogP contribution in [0.1, 0.15) is 29.3 Å². The molecule has 3 N–H and O–H groups in total. The summed E-state index contributed by atoms with van der Waals surface area (Å²) in [6.45, 7) is 1.94. The maximum atomic E-state index is 14.2. The zero-order valence-electron chi connectivity index (χ0n) is 13.6. The lowest BCUT2D eigenvalue weighted by Crippen LogP contribution is -2.29. The van der Waals surface area contributed by atoms with Gasteiger partial charge in [0, 0.05) is 16.5 Å². The van der Waals surface area contributed by atoms with E-state index in [2.05, 4.69) is 10.3 Å². The van der Waals surface area contributed by atoms with Crippen LogP contribution in [0.3, 0.4) is 0 Å². The number of aliphatic imine (C=N–C) groups is 1. The zero-order valence-corrected chi connectivity index (χ0v) is 15.1. The summed E-state index contributed by atoms with van der Waals surface area (Å²) in [4.78, 5) is 17.0. The predicted molar refractivity (Wildman–Crippen MR) is 102 cm³/mol. The molecule has 1 unspecified atom stereocenters. The normalized spacial score (nSPS) is 20.0. The van der Waals surface area contributed by atoms with Crippen molar-refractivity contribution in [2.24, 2.45) is 10.7 Å². The fourth-order valence-electron chi connectivity index (χ4n) is 2.66. The largest absolute Gasteiger partial charge is 0.379 e. The second-order valence-corrected chi connectivity index (χ2v) is 7.53. The van der Waals surface area contributed by atoms with Gasteiger partial charge in [0.2, 0.25) is 0 Å². The molecule has 2 aromatic rings. The minimum Gasteiger partial charge on any atom is -0.379 e. The van der Waals surface area contributed by atoms with Crippen LogP contribution in [0.15, 0.2) is 47.5 Å². The van der Waals surface area contributed by atoms with E-state index in [0.717, 1.165) is 17.7 Å². The fraction of sp³-hybridized carbons (Fsp3) is 0.222. The van der Waals surface area contributed by atoms with E-state index in [-0.39, 0.29) is 5.56 Å². The van der Waals surface area contributed by atoms with Gasteiger partial charge in [0.1, 0.15) is 5.82 Å². The molecule has 3 rings (SSSR count). The molecule has 130 valence electrons. The first-order valence-electron chi connectivity index (χ1n) is 7.72. The average molecular weight is 378 g/mol. The lowest BCUT2D eigenvalue weighted by atomic mass is 9.88. The van der Waals surface area contributed by atoms with E-state index in [1.807, 2.05) is 6.92 Å². The number of halogens is 2. The molecule has 1 aliphatic rings. The summed E-state index contributed by atoms with van der Waals surface area (Å²) in [7, 11) is 0. The molecule has 2 aromatic carbocycles. The summed E-state index contributed by atoms with van der Waals surface area (Å²) in [5.74, 6) is -0.274. The highest BCUT2D eigenvalue weighted by molar-refractivity contribution is 8.13. The number of amides is 1. The molecule has 0 aliphatic carbocycles. The van der Waals surface area contributed by atoms with E-state index < -0.39 is 17.3 Å². The van der Waals surface area contributed by atoms with Gasteiger partial charge in [0.25, 0.3) is 5.91 Å². The highest BCUT2D eigenvalue weighted by Gasteiger charge is 2.30. The molecule has 0 radical (unpaired) electrons. The van der Waals surface area contributed by atoms with E-state index in [1.165, 1.54) is 17.8 Å². The number of hydrogen-bond donors (Lipinski definition) is 2. The third-order valence-corrected chi connectivity index (χ3v) is 5.18. The molecule has 7 heteroatoms. The van der Waals surface area contributed by atoms with Crippen LogP contribution in [0.2, 0.25) is 5.02 Å². The third kappa shape index (κ3) is 3.96. The molecular weight excluding hydrogens is 361 g/mol. The molecule has 0 fully saturated rings. The molecule has 0 aromatic heterocycles. The van der Waals surface area contributed by atoms with Crippen molar-refractivity contribution < 1.29 is 9.18 Å². The SMILES string of the molecule is CC1(c2ccc(F)c(C(=O)Nc3ccc(Cl)cc3)c2)CCSC(N)=N1. The van der Waals surface area contributed by atoms with E-state index in [9.17, 15) is 9.18 Å². The van der Waals surface area contributed by atoms with E-state index in [1.54, 1.807) is 36.4 Å². The Labute approximate surface area is 154 Å². The van der Waals surface area contributed by atoms with Gasteiger partial charge in [0.05, 0.1) is 11.1 Å². The van der Waals surface area contributed by atoms with Gasteiger partial charge in [0.15, 0.2) is 5.17 Å². The van der Waals surface area contributed by atoms with E-state index in [0.29, 0.717) is 15.9 Å². The fourth-order valence-corrected chi connectivity index (χ4v) is 3.76. The molecule has 0 bridgehead atoms. The van der Waals surface area contributed by atoms with Crippen molar-refractivity contribution >= 4 is 40.1 Å². The first-order valence-corrected chi connectivity index (χ1v) is 9.09. The highest BCUT2D eigenvalue weighted by Crippen LogP contribution is 2.35.